The molecule has 0 radical (unpaired) electrons. The summed E-state index contributed by atoms with van der Waals surface area (Å²) < 4.78 is 10.6. The SMILES string of the molecule is CCOC(=O)C1CNCC12CCN(C(=O)OC(C)(C)C)CC2. The highest BCUT2D eigenvalue weighted by Crippen LogP contribution is 2.42. The largest absolute Gasteiger partial charge is 0.466 e. The highest BCUT2D eigenvalue weighted by atomic mass is 16.6. The van der Waals surface area contributed by atoms with Crippen LogP contribution in [-0.4, -0.2) is 55.3 Å². The van der Waals surface area contributed by atoms with Crippen LogP contribution in [0.4, 0.5) is 4.79 Å². The summed E-state index contributed by atoms with van der Waals surface area (Å²) >= 11 is 0. The van der Waals surface area contributed by atoms with E-state index in [9.17, 15) is 9.59 Å². The van der Waals surface area contributed by atoms with Crippen LogP contribution in [0.3, 0.4) is 0 Å². The zero-order valence-corrected chi connectivity index (χ0v) is 14.1. The number of hydrogen-bond acceptors (Lipinski definition) is 5. The van der Waals surface area contributed by atoms with Gasteiger partial charge >= 0.3 is 12.1 Å². The Morgan fingerprint density at radius 1 is 1.27 bits per heavy atom. The monoisotopic (exact) mass is 312 g/mol. The van der Waals surface area contributed by atoms with E-state index in [2.05, 4.69) is 5.32 Å². The van der Waals surface area contributed by atoms with E-state index < -0.39 is 5.60 Å². The molecule has 0 aromatic carbocycles. The lowest BCUT2D eigenvalue weighted by atomic mass is 9.71. The minimum absolute atomic E-state index is 0.0786. The Hall–Kier alpha value is -1.30. The van der Waals surface area contributed by atoms with Crippen molar-refractivity contribution >= 4 is 12.1 Å². The number of carbonyl (C=O) groups excluding carboxylic acids is 2. The van der Waals surface area contributed by atoms with Crippen LogP contribution >= 0.6 is 0 Å². The average Bonchev–Trinajstić information content (AvgIpc) is 2.81. The second-order valence-corrected chi connectivity index (χ2v) is 7.27. The van der Waals surface area contributed by atoms with Crippen molar-refractivity contribution in [3.8, 4) is 0 Å². The third-order valence-electron chi connectivity index (χ3n) is 4.55. The van der Waals surface area contributed by atoms with E-state index in [0.717, 1.165) is 19.4 Å². The lowest BCUT2D eigenvalue weighted by Crippen LogP contribution is -2.49. The summed E-state index contributed by atoms with van der Waals surface area (Å²) in [5.74, 6) is -0.216. The van der Waals surface area contributed by atoms with Crippen LogP contribution in [0.25, 0.3) is 0 Å². The average molecular weight is 312 g/mol. The Kier molecular flexibility index (Phi) is 5.00. The quantitative estimate of drug-likeness (QED) is 0.787. The third-order valence-corrected chi connectivity index (χ3v) is 4.55. The highest BCUT2D eigenvalue weighted by Gasteiger charge is 2.49. The number of carbonyl (C=O) groups is 2. The van der Waals surface area contributed by atoms with E-state index in [1.807, 2.05) is 27.7 Å². The molecule has 1 amide bonds. The van der Waals surface area contributed by atoms with E-state index in [4.69, 9.17) is 9.47 Å². The molecule has 6 nitrogen and oxygen atoms in total. The van der Waals surface area contributed by atoms with E-state index >= 15 is 0 Å². The molecule has 0 aliphatic carbocycles. The lowest BCUT2D eigenvalue weighted by molar-refractivity contribution is -0.152. The second kappa shape index (κ2) is 6.44. The molecule has 22 heavy (non-hydrogen) atoms. The molecule has 6 heteroatoms. The first-order valence-corrected chi connectivity index (χ1v) is 8.13. The molecule has 2 rings (SSSR count). The van der Waals surface area contributed by atoms with Crippen LogP contribution in [0.2, 0.25) is 0 Å². The van der Waals surface area contributed by atoms with Gasteiger partial charge in [-0.2, -0.15) is 0 Å². The number of amides is 1. The first-order chi connectivity index (χ1) is 10.3. The van der Waals surface area contributed by atoms with Crippen molar-refractivity contribution in [1.29, 1.82) is 0 Å². The van der Waals surface area contributed by atoms with Gasteiger partial charge in [-0.1, -0.05) is 0 Å². The summed E-state index contributed by atoms with van der Waals surface area (Å²) in [4.78, 5) is 26.0. The van der Waals surface area contributed by atoms with Crippen molar-refractivity contribution < 1.29 is 19.1 Å². The summed E-state index contributed by atoms with van der Waals surface area (Å²) in [6.07, 6.45) is 1.35. The van der Waals surface area contributed by atoms with Crippen LogP contribution in [-0.2, 0) is 14.3 Å². The van der Waals surface area contributed by atoms with Gasteiger partial charge < -0.3 is 19.7 Å². The maximum atomic E-state index is 12.2. The number of rotatable bonds is 2. The maximum absolute atomic E-state index is 12.2. The van der Waals surface area contributed by atoms with Gasteiger partial charge in [-0.05, 0) is 40.5 Å². The van der Waals surface area contributed by atoms with Crippen LogP contribution in [0.5, 0.6) is 0 Å². The van der Waals surface area contributed by atoms with E-state index in [0.29, 0.717) is 26.2 Å². The Balaban J connectivity index is 1.95. The molecular formula is C16H28N2O4. The Morgan fingerprint density at radius 2 is 1.91 bits per heavy atom. The van der Waals surface area contributed by atoms with Crippen LogP contribution in [0.1, 0.15) is 40.5 Å². The fourth-order valence-electron chi connectivity index (χ4n) is 3.37. The number of nitrogens with zero attached hydrogens (tertiary/aromatic N) is 1. The van der Waals surface area contributed by atoms with Crippen molar-refractivity contribution in [2.24, 2.45) is 11.3 Å². The standard InChI is InChI=1S/C16H28N2O4/c1-5-21-13(19)12-10-17-11-16(12)6-8-18(9-7-16)14(20)22-15(2,3)4/h12,17H,5-11H2,1-4H3. The van der Waals surface area contributed by atoms with Gasteiger partial charge in [0.25, 0.3) is 0 Å². The van der Waals surface area contributed by atoms with Gasteiger partial charge in [0.1, 0.15) is 5.60 Å². The fraction of sp³-hybridized carbons (Fsp3) is 0.875. The number of nitrogens with one attached hydrogen (secondary N) is 1. The van der Waals surface area contributed by atoms with E-state index in [-0.39, 0.29) is 23.4 Å². The predicted molar refractivity (Wildman–Crippen MR) is 82.5 cm³/mol. The van der Waals surface area contributed by atoms with E-state index in [1.165, 1.54) is 0 Å². The first kappa shape index (κ1) is 17.1. The summed E-state index contributed by atoms with van der Waals surface area (Å²) in [6.45, 7) is 10.6. The lowest BCUT2D eigenvalue weighted by Gasteiger charge is -2.41. The van der Waals surface area contributed by atoms with Gasteiger partial charge in [0.15, 0.2) is 0 Å². The van der Waals surface area contributed by atoms with Gasteiger partial charge in [0.05, 0.1) is 12.5 Å². The van der Waals surface area contributed by atoms with Gasteiger partial charge in [0.2, 0.25) is 0 Å². The normalized spacial score (nSPS) is 24.4. The number of piperidine rings is 1. The molecule has 1 atom stereocenters. The Bertz CT molecular complexity index is 422. The molecule has 1 unspecified atom stereocenters. The summed E-state index contributed by atoms with van der Waals surface area (Å²) in [6, 6.07) is 0. The molecule has 0 aromatic heterocycles. The third kappa shape index (κ3) is 3.72. The second-order valence-electron chi connectivity index (χ2n) is 7.27. The minimum Gasteiger partial charge on any atom is -0.466 e. The predicted octanol–water partition coefficient (Wildman–Crippen LogP) is 1.79. The van der Waals surface area contributed by atoms with Gasteiger partial charge in [0, 0.05) is 31.6 Å². The molecule has 0 aromatic rings. The molecule has 0 saturated carbocycles. The van der Waals surface area contributed by atoms with Crippen molar-refractivity contribution in [3.63, 3.8) is 0 Å². The zero-order chi connectivity index (χ0) is 16.4. The number of ether oxygens (including phenoxy) is 2. The molecule has 0 bridgehead atoms. The van der Waals surface area contributed by atoms with Crippen molar-refractivity contribution in [2.45, 2.75) is 46.1 Å². The zero-order valence-electron chi connectivity index (χ0n) is 14.1. The van der Waals surface area contributed by atoms with Gasteiger partial charge in [-0.15, -0.1) is 0 Å². The molecule has 2 aliphatic heterocycles. The summed E-state index contributed by atoms with van der Waals surface area (Å²) in [5.41, 5.74) is -0.556. The van der Waals surface area contributed by atoms with Crippen LogP contribution in [0.15, 0.2) is 0 Å². The van der Waals surface area contributed by atoms with Crippen molar-refractivity contribution in [3.05, 3.63) is 0 Å². The van der Waals surface area contributed by atoms with E-state index in [1.54, 1.807) is 4.90 Å². The van der Waals surface area contributed by atoms with Gasteiger partial charge in [-0.3, -0.25) is 4.79 Å². The molecule has 2 heterocycles. The number of esters is 1. The molecule has 1 spiro atoms. The Morgan fingerprint density at radius 3 is 2.45 bits per heavy atom. The van der Waals surface area contributed by atoms with Crippen LogP contribution in [0, 0.1) is 11.3 Å². The molecule has 2 aliphatic rings. The Labute approximate surface area is 132 Å². The summed E-state index contributed by atoms with van der Waals surface area (Å²) in [7, 11) is 0. The molecule has 2 fully saturated rings. The first-order valence-electron chi connectivity index (χ1n) is 8.13. The topological polar surface area (TPSA) is 67.9 Å². The minimum atomic E-state index is -0.478. The molecule has 126 valence electrons. The molecule has 1 N–H and O–H groups in total. The molecule has 2 saturated heterocycles. The van der Waals surface area contributed by atoms with Crippen molar-refractivity contribution in [2.75, 3.05) is 32.8 Å². The van der Waals surface area contributed by atoms with Crippen LogP contribution < -0.4 is 5.32 Å². The highest BCUT2D eigenvalue weighted by molar-refractivity contribution is 5.74. The number of likely N-dealkylation sites (tertiary alicyclic amines) is 1. The summed E-state index contributed by atoms with van der Waals surface area (Å²) in [5, 5.41) is 3.32. The van der Waals surface area contributed by atoms with Crippen molar-refractivity contribution in [1.82, 2.24) is 10.2 Å². The maximum Gasteiger partial charge on any atom is 0.410 e. The van der Waals surface area contributed by atoms with Gasteiger partial charge in [-0.25, -0.2) is 4.79 Å². The molecular weight excluding hydrogens is 284 g/mol. The fourth-order valence-corrected chi connectivity index (χ4v) is 3.37. The number of hydrogen-bond donors (Lipinski definition) is 1. The smallest absolute Gasteiger partial charge is 0.410 e.